The standard InChI is InChI=1S/C16H15ClF3N5O4/c1-8-5-9(2)25(24-8)11-4-3-10(17)13(22-11)14(27)29-6-12(26)23-15(28)21-7-16(18,19)20/h3-5H,6-7H2,1-2H3,(H2,21,23,26,28). The molecule has 0 aliphatic carbocycles. The number of nitrogens with one attached hydrogen (secondary N) is 2. The molecular weight excluding hydrogens is 419 g/mol. The smallest absolute Gasteiger partial charge is 0.405 e. The van der Waals surface area contributed by atoms with Gasteiger partial charge in [0, 0.05) is 5.69 Å². The maximum Gasteiger partial charge on any atom is 0.405 e. The molecule has 2 heterocycles. The summed E-state index contributed by atoms with van der Waals surface area (Å²) in [5.74, 6) is -1.92. The molecule has 0 bridgehead atoms. The fourth-order valence-electron chi connectivity index (χ4n) is 2.14. The van der Waals surface area contributed by atoms with E-state index in [0.29, 0.717) is 0 Å². The first-order valence-corrected chi connectivity index (χ1v) is 8.36. The monoisotopic (exact) mass is 433 g/mol. The van der Waals surface area contributed by atoms with Crippen molar-refractivity contribution in [3.05, 3.63) is 40.3 Å². The number of nitrogens with zero attached hydrogens (tertiary/aromatic N) is 3. The Morgan fingerprint density at radius 2 is 1.93 bits per heavy atom. The van der Waals surface area contributed by atoms with Crippen molar-refractivity contribution in [1.29, 1.82) is 0 Å². The summed E-state index contributed by atoms with van der Waals surface area (Å²) in [5.41, 5.74) is 1.18. The Kier molecular flexibility index (Phi) is 6.80. The molecule has 13 heteroatoms. The number of halogens is 4. The number of carbonyl (C=O) groups is 3. The van der Waals surface area contributed by atoms with Gasteiger partial charge < -0.3 is 10.1 Å². The Labute approximate surface area is 167 Å². The van der Waals surface area contributed by atoms with Gasteiger partial charge in [0.15, 0.2) is 18.1 Å². The highest BCUT2D eigenvalue weighted by atomic mass is 35.5. The van der Waals surface area contributed by atoms with Gasteiger partial charge in [0.25, 0.3) is 5.91 Å². The lowest BCUT2D eigenvalue weighted by Gasteiger charge is -2.10. The van der Waals surface area contributed by atoms with Gasteiger partial charge in [-0.2, -0.15) is 18.3 Å². The van der Waals surface area contributed by atoms with E-state index in [9.17, 15) is 27.6 Å². The average molecular weight is 434 g/mol. The van der Waals surface area contributed by atoms with Crippen LogP contribution in [-0.2, 0) is 9.53 Å². The Hall–Kier alpha value is -3.15. The number of hydrogen-bond donors (Lipinski definition) is 2. The molecule has 2 N–H and O–H groups in total. The van der Waals surface area contributed by atoms with Crippen LogP contribution in [-0.4, -0.2) is 52.0 Å². The van der Waals surface area contributed by atoms with Crippen LogP contribution in [0.4, 0.5) is 18.0 Å². The fourth-order valence-corrected chi connectivity index (χ4v) is 2.32. The molecule has 0 unspecified atom stereocenters. The second-order valence-electron chi connectivity index (χ2n) is 5.76. The van der Waals surface area contributed by atoms with Crippen molar-refractivity contribution in [3.8, 4) is 5.82 Å². The first-order chi connectivity index (χ1) is 13.5. The second kappa shape index (κ2) is 8.90. The number of hydrogen-bond acceptors (Lipinski definition) is 6. The van der Waals surface area contributed by atoms with Crippen molar-refractivity contribution in [1.82, 2.24) is 25.4 Å². The van der Waals surface area contributed by atoms with Gasteiger partial charge in [-0.3, -0.25) is 10.1 Å². The van der Waals surface area contributed by atoms with Gasteiger partial charge in [-0.25, -0.2) is 19.3 Å². The van der Waals surface area contributed by atoms with Gasteiger partial charge in [-0.05, 0) is 32.0 Å². The maximum atomic E-state index is 12.2. The number of aryl methyl sites for hydroxylation is 2. The molecule has 3 amide bonds. The predicted octanol–water partition coefficient (Wildman–Crippen LogP) is 2.08. The third-order valence-electron chi connectivity index (χ3n) is 3.29. The van der Waals surface area contributed by atoms with E-state index >= 15 is 0 Å². The fraction of sp³-hybridized carbons (Fsp3) is 0.312. The molecule has 0 saturated carbocycles. The molecular formula is C16H15ClF3N5O4. The summed E-state index contributed by atoms with van der Waals surface area (Å²) in [4.78, 5) is 38.9. The molecule has 0 fully saturated rings. The average Bonchev–Trinajstić information content (AvgIpc) is 2.96. The van der Waals surface area contributed by atoms with Crippen LogP contribution >= 0.6 is 11.6 Å². The zero-order valence-electron chi connectivity index (χ0n) is 15.1. The number of pyridine rings is 1. The van der Waals surface area contributed by atoms with Crippen LogP contribution in [0.15, 0.2) is 18.2 Å². The van der Waals surface area contributed by atoms with Crippen molar-refractivity contribution in [2.45, 2.75) is 20.0 Å². The molecule has 0 aliphatic rings. The minimum absolute atomic E-state index is 0.0522. The Morgan fingerprint density at radius 3 is 2.52 bits per heavy atom. The first-order valence-electron chi connectivity index (χ1n) is 7.98. The van der Waals surface area contributed by atoms with Gasteiger partial charge >= 0.3 is 18.2 Å². The summed E-state index contributed by atoms with van der Waals surface area (Å²) in [6.45, 7) is 1.01. The van der Waals surface area contributed by atoms with E-state index in [1.165, 1.54) is 22.1 Å². The lowest BCUT2D eigenvalue weighted by molar-refractivity contribution is -0.125. The van der Waals surface area contributed by atoms with E-state index in [1.807, 2.05) is 0 Å². The molecule has 0 aliphatic heterocycles. The molecule has 2 aromatic rings. The third-order valence-corrected chi connectivity index (χ3v) is 3.59. The van der Waals surface area contributed by atoms with E-state index in [1.54, 1.807) is 25.2 Å². The number of aromatic nitrogens is 3. The van der Waals surface area contributed by atoms with Crippen LogP contribution < -0.4 is 10.6 Å². The van der Waals surface area contributed by atoms with E-state index in [2.05, 4.69) is 10.1 Å². The van der Waals surface area contributed by atoms with Crippen LogP contribution in [0.3, 0.4) is 0 Å². The van der Waals surface area contributed by atoms with Gasteiger partial charge in [-0.1, -0.05) is 11.6 Å². The summed E-state index contributed by atoms with van der Waals surface area (Å²) >= 11 is 5.94. The Morgan fingerprint density at radius 1 is 1.24 bits per heavy atom. The second-order valence-corrected chi connectivity index (χ2v) is 6.17. The minimum Gasteiger partial charge on any atom is -0.451 e. The number of urea groups is 1. The molecule has 0 saturated heterocycles. The van der Waals surface area contributed by atoms with Crippen LogP contribution in [0.2, 0.25) is 5.02 Å². The number of carbonyl (C=O) groups excluding carboxylic acids is 3. The minimum atomic E-state index is -4.63. The molecule has 0 spiro atoms. The number of amides is 3. The van der Waals surface area contributed by atoms with E-state index in [-0.39, 0.29) is 16.5 Å². The Balaban J connectivity index is 1.98. The van der Waals surface area contributed by atoms with Crippen LogP contribution in [0.5, 0.6) is 0 Å². The van der Waals surface area contributed by atoms with E-state index < -0.39 is 37.2 Å². The van der Waals surface area contributed by atoms with Crippen molar-refractivity contribution in [2.75, 3.05) is 13.2 Å². The summed E-state index contributed by atoms with van der Waals surface area (Å²) in [6.07, 6.45) is -4.63. The number of imide groups is 1. The molecule has 156 valence electrons. The molecule has 2 aromatic heterocycles. The number of rotatable bonds is 5. The van der Waals surface area contributed by atoms with E-state index in [4.69, 9.17) is 16.3 Å². The van der Waals surface area contributed by atoms with Crippen molar-refractivity contribution in [2.24, 2.45) is 0 Å². The normalized spacial score (nSPS) is 11.1. The highest BCUT2D eigenvalue weighted by Gasteiger charge is 2.28. The highest BCUT2D eigenvalue weighted by molar-refractivity contribution is 6.33. The van der Waals surface area contributed by atoms with Crippen molar-refractivity contribution < 1.29 is 32.3 Å². The van der Waals surface area contributed by atoms with Gasteiger partial charge in [0.1, 0.15) is 6.54 Å². The number of esters is 1. The van der Waals surface area contributed by atoms with Crippen molar-refractivity contribution in [3.63, 3.8) is 0 Å². The van der Waals surface area contributed by atoms with Gasteiger partial charge in [0.2, 0.25) is 0 Å². The number of alkyl halides is 3. The maximum absolute atomic E-state index is 12.2. The molecule has 9 nitrogen and oxygen atoms in total. The highest BCUT2D eigenvalue weighted by Crippen LogP contribution is 2.18. The topological polar surface area (TPSA) is 115 Å². The predicted molar refractivity (Wildman–Crippen MR) is 93.7 cm³/mol. The van der Waals surface area contributed by atoms with Crippen LogP contribution in [0, 0.1) is 13.8 Å². The largest absolute Gasteiger partial charge is 0.451 e. The quantitative estimate of drug-likeness (QED) is 0.698. The summed E-state index contributed by atoms with van der Waals surface area (Å²) in [6, 6.07) is 3.33. The van der Waals surface area contributed by atoms with Crippen molar-refractivity contribution >= 4 is 29.5 Å². The molecule has 29 heavy (non-hydrogen) atoms. The molecule has 0 radical (unpaired) electrons. The zero-order chi connectivity index (χ0) is 21.8. The SMILES string of the molecule is Cc1cc(C)n(-c2ccc(Cl)c(C(=O)OCC(=O)NC(=O)NCC(F)(F)F)n2)n1. The molecule has 0 atom stereocenters. The third kappa shape index (κ3) is 6.45. The molecule has 0 aromatic carbocycles. The van der Waals surface area contributed by atoms with E-state index in [0.717, 1.165) is 11.4 Å². The first kappa shape index (κ1) is 22.1. The van der Waals surface area contributed by atoms with Crippen LogP contribution in [0.1, 0.15) is 21.9 Å². The summed E-state index contributed by atoms with van der Waals surface area (Å²) in [7, 11) is 0. The lowest BCUT2D eigenvalue weighted by atomic mass is 10.3. The van der Waals surface area contributed by atoms with Crippen LogP contribution in [0.25, 0.3) is 5.82 Å². The van der Waals surface area contributed by atoms with Gasteiger partial charge in [0.05, 0.1) is 10.7 Å². The summed E-state index contributed by atoms with van der Waals surface area (Å²) < 4.78 is 42.2. The number of ether oxygens (including phenoxy) is 1. The Bertz CT molecular complexity index is 945. The molecule has 2 rings (SSSR count). The van der Waals surface area contributed by atoms with Gasteiger partial charge in [-0.15, -0.1) is 0 Å². The summed E-state index contributed by atoms with van der Waals surface area (Å²) in [5, 5.41) is 7.19. The zero-order valence-corrected chi connectivity index (χ0v) is 15.9. The lowest BCUT2D eigenvalue weighted by Crippen LogP contribution is -2.44.